The second-order valence-corrected chi connectivity index (χ2v) is 7.47. The van der Waals surface area contributed by atoms with Crippen molar-refractivity contribution >= 4 is 0 Å². The number of hydrogen-bond acceptors (Lipinski definition) is 4. The molecule has 4 nitrogen and oxygen atoms in total. The number of ether oxygens (including phenoxy) is 2. The Bertz CT molecular complexity index is 1300. The molecule has 0 radical (unpaired) electrons. The first-order valence-electron chi connectivity index (χ1n) is 9.59. The molecule has 32 heavy (non-hydrogen) atoms. The van der Waals surface area contributed by atoms with E-state index in [9.17, 15) is 17.6 Å². The van der Waals surface area contributed by atoms with E-state index < -0.39 is 23.3 Å². The molecule has 2 aromatic carbocycles. The van der Waals surface area contributed by atoms with E-state index >= 15 is 0 Å². The van der Waals surface area contributed by atoms with Gasteiger partial charge in [0.25, 0.3) is 0 Å². The summed E-state index contributed by atoms with van der Waals surface area (Å²) < 4.78 is 69.4. The van der Waals surface area contributed by atoms with E-state index in [1.54, 1.807) is 26.0 Å². The summed E-state index contributed by atoms with van der Waals surface area (Å²) in [5.41, 5.74) is 1.43. The number of rotatable bonds is 0. The Balaban J connectivity index is 1.83. The summed E-state index contributed by atoms with van der Waals surface area (Å²) in [6.07, 6.45) is 0. The number of benzene rings is 2. The summed E-state index contributed by atoms with van der Waals surface area (Å²) in [4.78, 5) is 8.46. The lowest BCUT2D eigenvalue weighted by Gasteiger charge is -2.15. The van der Waals surface area contributed by atoms with Gasteiger partial charge in [0.2, 0.25) is 11.8 Å². The predicted octanol–water partition coefficient (Wildman–Crippen LogP) is 6.88. The summed E-state index contributed by atoms with van der Waals surface area (Å²) in [7, 11) is 0. The number of pyridine rings is 2. The second kappa shape index (κ2) is 7.33. The van der Waals surface area contributed by atoms with Crippen LogP contribution in [0.5, 0.6) is 23.3 Å². The van der Waals surface area contributed by atoms with Gasteiger partial charge in [-0.05, 0) is 49.2 Å². The van der Waals surface area contributed by atoms with Crippen molar-refractivity contribution in [2.75, 3.05) is 0 Å². The highest BCUT2D eigenvalue weighted by Crippen LogP contribution is 2.37. The van der Waals surface area contributed by atoms with Crippen LogP contribution in [0.15, 0.2) is 48.5 Å². The fourth-order valence-corrected chi connectivity index (χ4v) is 3.48. The Morgan fingerprint density at radius 2 is 0.938 bits per heavy atom. The lowest BCUT2D eigenvalue weighted by Crippen LogP contribution is -2.01. The van der Waals surface area contributed by atoms with Crippen molar-refractivity contribution in [2.24, 2.45) is 0 Å². The Kier molecular flexibility index (Phi) is 4.58. The third kappa shape index (κ3) is 3.53. The molecule has 3 heterocycles. The van der Waals surface area contributed by atoms with Crippen LogP contribution in [0.4, 0.5) is 17.6 Å². The van der Waals surface area contributed by atoms with Gasteiger partial charge in [-0.3, -0.25) is 0 Å². The molecule has 5 rings (SSSR count). The standard InChI is InChI=1S/C24H14F4N2O2/c1-11-3-19-13-7-22(18(28)9-15(13)25)32-24-6-12(2)4-20(30-24)14-8-21(17(27)10-16(14)26)31-23(5-11)29-19/h3-10H,1-2H3. The number of hydrogen-bond donors (Lipinski definition) is 0. The van der Waals surface area contributed by atoms with Crippen LogP contribution in [-0.2, 0) is 0 Å². The van der Waals surface area contributed by atoms with E-state index in [1.807, 2.05) is 0 Å². The first-order chi connectivity index (χ1) is 15.3. The lowest BCUT2D eigenvalue weighted by molar-refractivity contribution is 0.420. The van der Waals surface area contributed by atoms with Crippen LogP contribution in [0, 0.1) is 37.1 Å². The molecule has 0 N–H and O–H groups in total. The topological polar surface area (TPSA) is 44.2 Å². The van der Waals surface area contributed by atoms with E-state index in [2.05, 4.69) is 9.97 Å². The Hall–Kier alpha value is -3.94. The third-order valence-electron chi connectivity index (χ3n) is 4.92. The van der Waals surface area contributed by atoms with Crippen molar-refractivity contribution in [2.45, 2.75) is 13.8 Å². The summed E-state index contributed by atoms with van der Waals surface area (Å²) in [6, 6.07) is 9.83. The number of halogens is 4. The first kappa shape index (κ1) is 20.0. The first-order valence-corrected chi connectivity index (χ1v) is 9.59. The van der Waals surface area contributed by atoms with Crippen molar-refractivity contribution in [3.8, 4) is 45.8 Å². The molecule has 4 aromatic rings. The average Bonchev–Trinajstić information content (AvgIpc) is 2.70. The lowest BCUT2D eigenvalue weighted by atomic mass is 10.1. The summed E-state index contributed by atoms with van der Waals surface area (Å²) in [6.45, 7) is 3.42. The minimum Gasteiger partial charge on any atom is -0.436 e. The van der Waals surface area contributed by atoms with E-state index in [-0.39, 0.29) is 45.8 Å². The van der Waals surface area contributed by atoms with Crippen LogP contribution in [0.1, 0.15) is 11.1 Å². The van der Waals surface area contributed by atoms with Crippen LogP contribution in [0.25, 0.3) is 22.5 Å². The molecule has 0 aliphatic carbocycles. The second-order valence-electron chi connectivity index (χ2n) is 7.47. The maximum atomic E-state index is 14.6. The molecule has 8 heteroatoms. The highest BCUT2D eigenvalue weighted by molar-refractivity contribution is 5.66. The van der Waals surface area contributed by atoms with Gasteiger partial charge in [0, 0.05) is 35.4 Å². The van der Waals surface area contributed by atoms with Crippen LogP contribution < -0.4 is 9.47 Å². The molecule has 0 saturated heterocycles. The number of fused-ring (bicyclic) bond motifs is 10. The molecule has 0 amide bonds. The molecule has 0 spiro atoms. The van der Waals surface area contributed by atoms with Crippen molar-refractivity contribution in [1.82, 2.24) is 9.97 Å². The molecule has 0 fully saturated rings. The minimum absolute atomic E-state index is 0.0415. The zero-order valence-corrected chi connectivity index (χ0v) is 16.8. The van der Waals surface area contributed by atoms with Gasteiger partial charge >= 0.3 is 0 Å². The average molecular weight is 438 g/mol. The summed E-state index contributed by atoms with van der Waals surface area (Å²) in [5.74, 6) is -4.26. The maximum absolute atomic E-state index is 14.6. The molecule has 160 valence electrons. The van der Waals surface area contributed by atoms with Crippen LogP contribution >= 0.6 is 0 Å². The largest absolute Gasteiger partial charge is 0.436 e. The minimum atomic E-state index is -0.942. The maximum Gasteiger partial charge on any atom is 0.220 e. The third-order valence-corrected chi connectivity index (χ3v) is 4.92. The van der Waals surface area contributed by atoms with Crippen molar-refractivity contribution in [3.63, 3.8) is 0 Å². The molecular formula is C24H14F4N2O2. The van der Waals surface area contributed by atoms with E-state index in [1.165, 1.54) is 12.1 Å². The van der Waals surface area contributed by atoms with Crippen molar-refractivity contribution < 1.29 is 27.0 Å². The Morgan fingerprint density at radius 1 is 0.531 bits per heavy atom. The number of aromatic nitrogens is 2. The van der Waals surface area contributed by atoms with Crippen molar-refractivity contribution in [1.29, 1.82) is 0 Å². The van der Waals surface area contributed by atoms with Crippen molar-refractivity contribution in [3.05, 3.63) is 82.9 Å². The molecule has 0 atom stereocenters. The molecular weight excluding hydrogens is 424 g/mol. The summed E-state index contributed by atoms with van der Waals surface area (Å²) >= 11 is 0. The van der Waals surface area contributed by atoms with Crippen LogP contribution in [-0.4, -0.2) is 9.97 Å². The quantitative estimate of drug-likeness (QED) is 0.247. The van der Waals surface area contributed by atoms with Gasteiger partial charge in [0.15, 0.2) is 23.1 Å². The van der Waals surface area contributed by atoms with Gasteiger partial charge in [-0.15, -0.1) is 0 Å². The highest BCUT2D eigenvalue weighted by atomic mass is 19.1. The van der Waals surface area contributed by atoms with Gasteiger partial charge in [0.1, 0.15) is 11.6 Å². The Labute approximate surface area is 180 Å². The zero-order valence-electron chi connectivity index (χ0n) is 16.8. The Morgan fingerprint density at radius 3 is 1.34 bits per heavy atom. The zero-order chi connectivity index (χ0) is 22.6. The van der Waals surface area contributed by atoms with Gasteiger partial charge in [-0.25, -0.2) is 27.5 Å². The van der Waals surface area contributed by atoms with Gasteiger partial charge < -0.3 is 9.47 Å². The molecule has 1 aliphatic rings. The van der Waals surface area contributed by atoms with Crippen LogP contribution in [0.3, 0.4) is 0 Å². The normalized spacial score (nSPS) is 11.9. The van der Waals surface area contributed by atoms with Gasteiger partial charge in [0.05, 0.1) is 11.4 Å². The van der Waals surface area contributed by atoms with Gasteiger partial charge in [-0.1, -0.05) is 0 Å². The molecule has 8 bridgehead atoms. The van der Waals surface area contributed by atoms with E-state index in [0.717, 1.165) is 12.1 Å². The highest BCUT2D eigenvalue weighted by Gasteiger charge is 2.20. The SMILES string of the molecule is Cc1cc2nc(c1)-c1cc(c(F)cc1F)Oc1cc(C)cc(n1)-c1cc(c(F)cc1F)O2. The van der Waals surface area contributed by atoms with Crippen LogP contribution in [0.2, 0.25) is 0 Å². The fraction of sp³-hybridized carbons (Fsp3) is 0.0833. The smallest absolute Gasteiger partial charge is 0.220 e. The molecule has 0 saturated carbocycles. The summed E-state index contributed by atoms with van der Waals surface area (Å²) in [5, 5.41) is 0. The molecule has 0 unspecified atom stereocenters. The van der Waals surface area contributed by atoms with E-state index in [0.29, 0.717) is 23.3 Å². The molecule has 1 aliphatic heterocycles. The monoisotopic (exact) mass is 438 g/mol. The fourth-order valence-electron chi connectivity index (χ4n) is 3.48. The predicted molar refractivity (Wildman–Crippen MR) is 109 cm³/mol. The van der Waals surface area contributed by atoms with E-state index in [4.69, 9.17) is 9.47 Å². The number of nitrogens with zero attached hydrogens (tertiary/aromatic N) is 2. The van der Waals surface area contributed by atoms with Gasteiger partial charge in [-0.2, -0.15) is 0 Å². The number of aryl methyl sites for hydroxylation is 2. The molecule has 2 aromatic heterocycles.